The van der Waals surface area contributed by atoms with E-state index in [0.717, 1.165) is 5.56 Å². The summed E-state index contributed by atoms with van der Waals surface area (Å²) in [5.74, 6) is 1.04. The fourth-order valence-corrected chi connectivity index (χ4v) is 2.32. The quantitative estimate of drug-likeness (QED) is 0.695. The van der Waals surface area contributed by atoms with Gasteiger partial charge in [-0.1, -0.05) is 12.2 Å². The average molecular weight is 292 g/mol. The molecule has 100 valence electrons. The standard InChI is InChI=1S/C15H8N4OS/c16-6-9-3-11(7-17)15(21)19(8-9)14-2-1-10-4-12(18)5-13(10)20-14/h1-5,8H,18H2. The van der Waals surface area contributed by atoms with Crippen LogP contribution in [0.15, 0.2) is 40.9 Å². The van der Waals surface area contributed by atoms with Gasteiger partial charge in [0.05, 0.1) is 11.1 Å². The summed E-state index contributed by atoms with van der Waals surface area (Å²) in [5.41, 5.74) is 7.79. The van der Waals surface area contributed by atoms with E-state index in [1.165, 1.54) is 10.6 Å². The van der Waals surface area contributed by atoms with Crippen LogP contribution in [0.5, 0.6) is 0 Å². The molecular formula is C15H8N4OS. The highest BCUT2D eigenvalue weighted by Gasteiger charge is 2.12. The third kappa shape index (κ3) is 2.14. The molecule has 2 N–H and O–H groups in total. The zero-order chi connectivity index (χ0) is 15.0. The van der Waals surface area contributed by atoms with E-state index < -0.39 is 0 Å². The first-order valence-corrected chi connectivity index (χ1v) is 6.39. The second-order valence-corrected chi connectivity index (χ2v) is 4.81. The number of hydrogen-bond donors (Lipinski definition) is 1. The summed E-state index contributed by atoms with van der Waals surface area (Å²) >= 11 is 5.25. The van der Waals surface area contributed by atoms with Crippen molar-refractivity contribution in [3.05, 3.63) is 52.3 Å². The highest BCUT2D eigenvalue weighted by Crippen LogP contribution is 2.30. The number of nitrogen functional groups attached to an aromatic ring is 1. The molecule has 0 unspecified atom stereocenters. The van der Waals surface area contributed by atoms with E-state index in [2.05, 4.69) is 0 Å². The fraction of sp³-hybridized carbons (Fsp3) is 0. The summed E-state index contributed by atoms with van der Waals surface area (Å²) in [6, 6.07) is 12.5. The molecule has 0 spiro atoms. The van der Waals surface area contributed by atoms with Gasteiger partial charge in [-0.25, -0.2) is 0 Å². The van der Waals surface area contributed by atoms with Gasteiger partial charge in [0.25, 0.3) is 0 Å². The minimum Gasteiger partial charge on any atom is -0.440 e. The number of pyridine rings is 1. The molecule has 21 heavy (non-hydrogen) atoms. The van der Waals surface area contributed by atoms with Gasteiger partial charge in [0.2, 0.25) is 5.88 Å². The Morgan fingerprint density at radius 2 is 1.95 bits per heavy atom. The van der Waals surface area contributed by atoms with Crippen LogP contribution in [0, 0.1) is 27.3 Å². The summed E-state index contributed by atoms with van der Waals surface area (Å²) in [4.78, 5) is 0. The largest absolute Gasteiger partial charge is 0.440 e. The lowest BCUT2D eigenvalue weighted by atomic mass is 10.2. The molecule has 0 saturated heterocycles. The molecule has 0 radical (unpaired) electrons. The van der Waals surface area contributed by atoms with Crippen LogP contribution in [0.2, 0.25) is 0 Å². The van der Waals surface area contributed by atoms with Gasteiger partial charge >= 0.3 is 0 Å². The van der Waals surface area contributed by atoms with E-state index in [9.17, 15) is 0 Å². The second kappa shape index (κ2) is 4.78. The molecule has 0 atom stereocenters. The van der Waals surface area contributed by atoms with Crippen LogP contribution in [-0.4, -0.2) is 4.57 Å². The number of hydrogen-bond acceptors (Lipinski definition) is 5. The molecule has 6 heteroatoms. The topological polar surface area (TPSA) is 91.7 Å². The van der Waals surface area contributed by atoms with E-state index in [4.69, 9.17) is 32.9 Å². The summed E-state index contributed by atoms with van der Waals surface area (Å²) in [7, 11) is 0. The van der Waals surface area contributed by atoms with Crippen LogP contribution >= 0.6 is 12.2 Å². The molecular weight excluding hydrogens is 284 g/mol. The Kier molecular flexibility index (Phi) is 2.94. The molecule has 0 amide bonds. The summed E-state index contributed by atoms with van der Waals surface area (Å²) < 4.78 is 7.55. The van der Waals surface area contributed by atoms with Gasteiger partial charge in [0, 0.05) is 29.6 Å². The Bertz CT molecular complexity index is 955. The van der Waals surface area contributed by atoms with E-state index in [1.807, 2.05) is 18.2 Å². The number of nitrogens with two attached hydrogens (primary N) is 1. The average Bonchev–Trinajstić information content (AvgIpc) is 2.86. The molecule has 0 saturated carbocycles. The van der Waals surface area contributed by atoms with Crippen molar-refractivity contribution in [3.8, 4) is 29.3 Å². The minimum absolute atomic E-state index is 0.251. The van der Waals surface area contributed by atoms with E-state index in [1.54, 1.807) is 24.4 Å². The summed E-state index contributed by atoms with van der Waals surface area (Å²) in [6.07, 6.45) is 1.54. The SMILES string of the molecule is N#Cc1cc(C#N)c(=S)n(-c2ccc3cc(N)cc-3o2)c1. The Labute approximate surface area is 125 Å². The van der Waals surface area contributed by atoms with Crippen molar-refractivity contribution in [3.63, 3.8) is 0 Å². The molecule has 0 fully saturated rings. The third-order valence-electron chi connectivity index (χ3n) is 3.03. The van der Waals surface area contributed by atoms with Gasteiger partial charge in [0.15, 0.2) is 0 Å². The Hall–Kier alpha value is -3.09. The number of aromatic nitrogens is 1. The van der Waals surface area contributed by atoms with Gasteiger partial charge in [0.1, 0.15) is 22.5 Å². The monoisotopic (exact) mass is 292 g/mol. The van der Waals surface area contributed by atoms with Crippen molar-refractivity contribution >= 4 is 17.9 Å². The molecule has 2 aliphatic rings. The zero-order valence-electron chi connectivity index (χ0n) is 10.7. The number of anilines is 1. The Morgan fingerprint density at radius 1 is 1.14 bits per heavy atom. The predicted molar refractivity (Wildman–Crippen MR) is 79.3 cm³/mol. The number of fused-ring (bicyclic) bond motifs is 1. The zero-order valence-corrected chi connectivity index (χ0v) is 11.5. The highest BCUT2D eigenvalue weighted by molar-refractivity contribution is 7.71. The van der Waals surface area contributed by atoms with Gasteiger partial charge in [-0.2, -0.15) is 10.5 Å². The maximum atomic E-state index is 9.10. The van der Waals surface area contributed by atoms with Crippen molar-refractivity contribution in [2.75, 3.05) is 5.73 Å². The maximum Gasteiger partial charge on any atom is 0.205 e. The molecule has 1 aromatic rings. The third-order valence-corrected chi connectivity index (χ3v) is 3.45. The van der Waals surface area contributed by atoms with Gasteiger partial charge in [-0.05, 0) is 18.2 Å². The van der Waals surface area contributed by atoms with Crippen LogP contribution in [0.1, 0.15) is 11.1 Å². The summed E-state index contributed by atoms with van der Waals surface area (Å²) in [5, 5.41) is 18.1. The van der Waals surface area contributed by atoms with E-state index >= 15 is 0 Å². The van der Waals surface area contributed by atoms with Crippen LogP contribution in [0.25, 0.3) is 17.2 Å². The smallest absolute Gasteiger partial charge is 0.205 e. The lowest BCUT2D eigenvalue weighted by Gasteiger charge is -2.09. The van der Waals surface area contributed by atoms with Gasteiger partial charge in [-0.3, -0.25) is 4.57 Å². The fourth-order valence-electron chi connectivity index (χ4n) is 2.07. The molecule has 1 aromatic heterocycles. The molecule has 1 aliphatic carbocycles. The van der Waals surface area contributed by atoms with E-state index in [0.29, 0.717) is 27.5 Å². The lowest BCUT2D eigenvalue weighted by Crippen LogP contribution is -2.00. The number of rotatable bonds is 1. The minimum atomic E-state index is 0.251. The van der Waals surface area contributed by atoms with Gasteiger partial charge in [-0.15, -0.1) is 0 Å². The second-order valence-electron chi connectivity index (χ2n) is 4.42. The molecule has 3 rings (SSSR count). The Morgan fingerprint density at radius 3 is 2.67 bits per heavy atom. The number of nitriles is 2. The van der Waals surface area contributed by atoms with Crippen LogP contribution in [0.3, 0.4) is 0 Å². The first-order valence-electron chi connectivity index (χ1n) is 5.99. The Balaban J connectivity index is 2.28. The molecule has 2 heterocycles. The maximum absolute atomic E-state index is 9.10. The van der Waals surface area contributed by atoms with E-state index in [-0.39, 0.29) is 5.56 Å². The summed E-state index contributed by atoms with van der Waals surface area (Å²) in [6.45, 7) is 0. The van der Waals surface area contributed by atoms with Crippen LogP contribution < -0.4 is 5.73 Å². The lowest BCUT2D eigenvalue weighted by molar-refractivity contribution is 0.534. The first kappa shape index (κ1) is 12.9. The predicted octanol–water partition coefficient (Wildman–Crippen LogP) is 3.23. The molecule has 5 nitrogen and oxygen atoms in total. The first-order chi connectivity index (χ1) is 10.1. The van der Waals surface area contributed by atoms with Crippen molar-refractivity contribution < 1.29 is 4.42 Å². The van der Waals surface area contributed by atoms with Crippen LogP contribution in [0.4, 0.5) is 5.69 Å². The normalized spacial score (nSPS) is 10.2. The molecule has 0 aromatic carbocycles. The van der Waals surface area contributed by atoms with Crippen molar-refractivity contribution in [1.29, 1.82) is 10.5 Å². The molecule has 1 aliphatic heterocycles. The highest BCUT2D eigenvalue weighted by atomic mass is 32.1. The molecule has 0 bridgehead atoms. The number of nitrogens with zero attached hydrogens (tertiary/aromatic N) is 3. The van der Waals surface area contributed by atoms with Crippen molar-refractivity contribution in [2.24, 2.45) is 0 Å². The van der Waals surface area contributed by atoms with Crippen molar-refractivity contribution in [2.45, 2.75) is 0 Å². The van der Waals surface area contributed by atoms with Gasteiger partial charge < -0.3 is 10.2 Å². The van der Waals surface area contributed by atoms with Crippen LogP contribution in [-0.2, 0) is 0 Å². The van der Waals surface area contributed by atoms with Crippen molar-refractivity contribution in [1.82, 2.24) is 4.57 Å².